The maximum atomic E-state index is 14.0. The number of aliphatic hydroxyl groups excluding tert-OH is 6. The van der Waals surface area contributed by atoms with Crippen molar-refractivity contribution >= 4 is 38.1 Å². The predicted octanol–water partition coefficient (Wildman–Crippen LogP) is 2.12. The summed E-state index contributed by atoms with van der Waals surface area (Å²) in [5.74, 6) is -9.46. The SMILES string of the molecule is CCO.CC[C@H]1OC(=O)[C@H](C)[C@@H](OC(=O)CCN(CC)CC)[C@H](C)[C@@H](O[C@@H]2O[C@H](C)C[C@H](N(C)C)[C@H]2O)[C@](C)(OC)C[C@@H](C)C(=O)[C@H](C)[C@@H](O)[C@]1(C)O.CC[C@H]1OC(=O)[C@H](C)[C@@H](OC(=O)CCN(CC)CC)[C@H](C)[C@@H](O[C@@H]2O[C@H](C)C[C@H](N(C)C)[C@H]2O)[C@](C)(OC)C[C@@H](C)C(O)[C@H](C)[C@@H](O)[C@]1(C)O.[B].[H-].[Na+]. The number of esters is 4. The van der Waals surface area contributed by atoms with Gasteiger partial charge in [0.1, 0.15) is 53.6 Å². The van der Waals surface area contributed by atoms with Crippen molar-refractivity contribution in [3.8, 4) is 0 Å². The van der Waals surface area contributed by atoms with Gasteiger partial charge in [-0.15, -0.1) is 0 Å². The van der Waals surface area contributed by atoms with Gasteiger partial charge in [-0.1, -0.05) is 83.1 Å². The maximum Gasteiger partial charge on any atom is 1.00 e. The number of hydrogen-bond donors (Lipinski definition) is 8. The Morgan fingerprint density at radius 1 is 0.533 bits per heavy atom. The molecule has 4 saturated heterocycles. The Morgan fingerprint density at radius 2 is 0.867 bits per heavy atom. The molecule has 1 unspecified atom stereocenters. The van der Waals surface area contributed by atoms with Crippen LogP contribution >= 0.6 is 0 Å². The first-order chi connectivity index (χ1) is 47.8. The average Bonchev–Trinajstić information content (AvgIpc) is 0.798. The third kappa shape index (κ3) is 27.6. The van der Waals surface area contributed by atoms with Crippen LogP contribution < -0.4 is 29.6 Å². The smallest absolute Gasteiger partial charge is 1.00 e. The number of ketones is 1. The van der Waals surface area contributed by atoms with Gasteiger partial charge in [-0.05, 0) is 161 Å². The fraction of sp³-hybridized carbons (Fsp3) is 0.934. The molecule has 0 bridgehead atoms. The van der Waals surface area contributed by atoms with Crippen LogP contribution in [0.1, 0.15) is 198 Å². The number of carbonyl (C=O) groups excluding carboxylic acids is 5. The van der Waals surface area contributed by atoms with E-state index < -0.39 is 173 Å². The monoisotopic (exact) mass is 1520 g/mol. The molecule has 0 aromatic heterocycles. The molecule has 0 amide bonds. The second kappa shape index (κ2) is 46.8. The van der Waals surface area contributed by atoms with E-state index >= 15 is 0 Å². The standard InChI is InChI=1S/C37H70N2O11.C37H68N2O11.C2H6O.B.Na.H/c2*1-14-27-37(10,45)32(43)23(6)29(41)21(4)20-36(9,46-13)33(50-35-30(42)26(38(11)12)19-22(5)47-35)24(7)31(25(8)34(44)48-27)49-28(40)17-18-39(15-2)16-3;1-2-3;;;/h21-27,29-33,35,41-43,45H,14-20H2,1-13H3;21-27,30-33,35,42-43,45H,14-20H2,1-13H3;3H,2H2,1H3;;;/q;;;;+1;-1/t21-,22-,23+,24+,25-,26+,27-,29?,30-,31+,32-,33-,35+,36-,37-;21-,22-,23+,24+,25-,26+,27-,30-,31+,32-,33-,35+,36-,37-;;;;/m11..../s1. The van der Waals surface area contributed by atoms with Gasteiger partial charge >= 0.3 is 53.4 Å². The van der Waals surface area contributed by atoms with Crippen LogP contribution in [-0.4, -0.2) is 313 Å². The third-order valence-corrected chi connectivity index (χ3v) is 22.8. The number of aliphatic hydroxyl groups is 8. The molecular weight excluding hydrogens is 1370 g/mol. The normalized spacial score (nSPS) is 40.1. The molecule has 4 rings (SSSR count). The Kier molecular flexibility index (Phi) is 45.8. The number of methoxy groups -OCH3 is 2. The summed E-state index contributed by atoms with van der Waals surface area (Å²) in [4.78, 5) is 76.9. The van der Waals surface area contributed by atoms with Crippen LogP contribution in [0.5, 0.6) is 0 Å². The number of rotatable bonds is 22. The van der Waals surface area contributed by atoms with E-state index in [1.54, 1.807) is 69.2 Å². The van der Waals surface area contributed by atoms with Crippen LogP contribution in [0.15, 0.2) is 0 Å². The largest absolute Gasteiger partial charge is 1.00 e. The Balaban J connectivity index is 0. The van der Waals surface area contributed by atoms with E-state index in [1.165, 1.54) is 28.1 Å². The Bertz CT molecular complexity index is 2530. The first-order valence-electron chi connectivity index (χ1n) is 38.1. The molecule has 0 aliphatic carbocycles. The van der Waals surface area contributed by atoms with Gasteiger partial charge in [-0.2, -0.15) is 0 Å². The molecule has 0 aromatic rings. The summed E-state index contributed by atoms with van der Waals surface area (Å²) in [6, 6.07) is -0.550. The number of likely N-dealkylation sites (N-methyl/N-ethyl adjacent to an activating group) is 2. The van der Waals surface area contributed by atoms with Gasteiger partial charge in [-0.25, -0.2) is 0 Å². The molecule has 4 heterocycles. The van der Waals surface area contributed by atoms with Crippen LogP contribution in [0.25, 0.3) is 0 Å². The summed E-state index contributed by atoms with van der Waals surface area (Å²) in [6.07, 6.45) is -13.4. The second-order valence-corrected chi connectivity index (χ2v) is 31.2. The molecule has 611 valence electrons. The summed E-state index contributed by atoms with van der Waals surface area (Å²) in [7, 11) is 10.5. The number of nitrogens with zero attached hydrogens (tertiary/aromatic N) is 4. The summed E-state index contributed by atoms with van der Waals surface area (Å²) in [6.45, 7) is 41.1. The fourth-order valence-corrected chi connectivity index (χ4v) is 15.7. The van der Waals surface area contributed by atoms with Gasteiger partial charge in [0.25, 0.3) is 0 Å². The van der Waals surface area contributed by atoms with Crippen molar-refractivity contribution in [3.63, 3.8) is 0 Å². The minimum Gasteiger partial charge on any atom is -1.00 e. The molecule has 0 aromatic carbocycles. The van der Waals surface area contributed by atoms with Crippen LogP contribution in [0.4, 0.5) is 0 Å². The number of cyclic esters (lactones) is 2. The van der Waals surface area contributed by atoms with E-state index in [0.717, 1.165) is 26.2 Å². The zero-order valence-corrected chi connectivity index (χ0v) is 71.6. The van der Waals surface area contributed by atoms with Crippen molar-refractivity contribution in [2.24, 2.45) is 47.3 Å². The first-order valence-corrected chi connectivity index (χ1v) is 38.1. The minimum absolute atomic E-state index is 0. The molecule has 3 radical (unpaired) electrons. The zero-order chi connectivity index (χ0) is 79.3. The molecule has 0 spiro atoms. The quantitative estimate of drug-likeness (QED) is 0.0437. The van der Waals surface area contributed by atoms with E-state index in [0.29, 0.717) is 25.9 Å². The zero-order valence-electron chi connectivity index (χ0n) is 70.6. The Morgan fingerprint density at radius 3 is 1.18 bits per heavy atom. The van der Waals surface area contributed by atoms with E-state index in [4.69, 9.17) is 52.5 Å². The van der Waals surface area contributed by atoms with E-state index in [1.807, 2.05) is 100 Å². The van der Waals surface area contributed by atoms with Crippen LogP contribution in [-0.2, 0) is 71.3 Å². The Hall–Kier alpha value is -2.11. The second-order valence-electron chi connectivity index (χ2n) is 31.2. The molecule has 4 aliphatic rings. The Labute approximate surface area is 656 Å². The molecule has 27 nitrogen and oxygen atoms in total. The van der Waals surface area contributed by atoms with Crippen molar-refractivity contribution in [3.05, 3.63) is 0 Å². The molecule has 8 N–H and O–H groups in total. The fourth-order valence-electron chi connectivity index (χ4n) is 15.7. The number of carbonyl (C=O) groups is 5. The molecule has 29 heteroatoms. The van der Waals surface area contributed by atoms with Crippen molar-refractivity contribution in [2.45, 2.75) is 323 Å². The van der Waals surface area contributed by atoms with E-state index in [2.05, 4.69) is 9.80 Å². The molecular formula is C76H145BN4NaO23. The first kappa shape index (κ1) is 103. The minimum atomic E-state index is -1.96. The van der Waals surface area contributed by atoms with Crippen molar-refractivity contribution in [1.29, 1.82) is 0 Å². The predicted molar refractivity (Wildman–Crippen MR) is 397 cm³/mol. The van der Waals surface area contributed by atoms with Crippen LogP contribution in [0, 0.1) is 47.3 Å². The topological polar surface area (TPSA) is 352 Å². The summed E-state index contributed by atoms with van der Waals surface area (Å²) < 4.78 is 62.4. The van der Waals surface area contributed by atoms with Gasteiger partial charge in [-0.3, -0.25) is 24.0 Å². The van der Waals surface area contributed by atoms with Gasteiger partial charge in [0, 0.05) is 84.0 Å². The van der Waals surface area contributed by atoms with Gasteiger partial charge in [0.05, 0.1) is 78.6 Å². The third-order valence-electron chi connectivity index (χ3n) is 22.8. The molecule has 0 saturated carbocycles. The van der Waals surface area contributed by atoms with Gasteiger partial charge in [0.2, 0.25) is 0 Å². The van der Waals surface area contributed by atoms with Gasteiger partial charge in [0.15, 0.2) is 12.6 Å². The number of Topliss-reactive ketones (excluding diaryl/α,β-unsaturated/α-hetero) is 1. The van der Waals surface area contributed by atoms with Crippen LogP contribution in [0.2, 0.25) is 0 Å². The summed E-state index contributed by atoms with van der Waals surface area (Å²) in [5.41, 5.74) is -6.32. The maximum absolute atomic E-state index is 14.0. The summed E-state index contributed by atoms with van der Waals surface area (Å²) in [5, 5.41) is 88.0. The molecule has 29 atom stereocenters. The molecule has 4 fully saturated rings. The van der Waals surface area contributed by atoms with Crippen LogP contribution in [0.3, 0.4) is 0 Å². The van der Waals surface area contributed by atoms with Crippen molar-refractivity contribution in [1.82, 2.24) is 19.6 Å². The van der Waals surface area contributed by atoms with E-state index in [9.17, 15) is 59.7 Å². The molecule has 4 aliphatic heterocycles. The summed E-state index contributed by atoms with van der Waals surface area (Å²) >= 11 is 0. The van der Waals surface area contributed by atoms with E-state index in [-0.39, 0.29) is 115 Å². The number of ether oxygens (including phenoxy) is 10. The van der Waals surface area contributed by atoms with Gasteiger partial charge < -0.3 is 109 Å². The number of hydrogen-bond acceptors (Lipinski definition) is 27. The molecule has 105 heavy (non-hydrogen) atoms. The van der Waals surface area contributed by atoms with Crippen molar-refractivity contribution in [2.75, 3.05) is 88.3 Å². The average molecular weight is 1520 g/mol. The van der Waals surface area contributed by atoms with Crippen molar-refractivity contribution < 1.29 is 143 Å².